The van der Waals surface area contributed by atoms with Gasteiger partial charge >= 0.3 is 0 Å². The highest BCUT2D eigenvalue weighted by Crippen LogP contribution is 2.14. The normalized spacial score (nSPS) is 11.2. The lowest BCUT2D eigenvalue weighted by Gasteiger charge is -2.05. The minimum absolute atomic E-state index is 0.0467. The molecule has 5 nitrogen and oxygen atoms in total. The molecular weight excluding hydrogens is 289 g/mol. The Kier molecular flexibility index (Phi) is 3.90. The quantitative estimate of drug-likeness (QED) is 0.929. The maximum absolute atomic E-state index is 13.1. The van der Waals surface area contributed by atoms with Gasteiger partial charge in [0.05, 0.1) is 28.2 Å². The number of nitrogens with zero attached hydrogens (tertiary/aromatic N) is 2. The summed E-state index contributed by atoms with van der Waals surface area (Å²) in [5, 5.41) is 10.4. The van der Waals surface area contributed by atoms with Crippen LogP contribution in [0, 0.1) is 17.1 Å². The van der Waals surface area contributed by atoms with Crippen LogP contribution in [0.2, 0.25) is 0 Å². The molecule has 0 radical (unpaired) electrons. The lowest BCUT2D eigenvalue weighted by molar-refractivity contribution is 0.579. The molecule has 19 heavy (non-hydrogen) atoms. The molecule has 0 bridgehead atoms. The second-order valence-corrected chi connectivity index (χ2v) is 6.04. The second-order valence-electron chi connectivity index (χ2n) is 3.56. The van der Waals surface area contributed by atoms with Crippen molar-refractivity contribution in [2.24, 2.45) is 0 Å². The third kappa shape index (κ3) is 3.14. The molecule has 1 heterocycles. The van der Waals surface area contributed by atoms with Crippen LogP contribution in [0.15, 0.2) is 34.0 Å². The van der Waals surface area contributed by atoms with Crippen LogP contribution in [-0.2, 0) is 16.6 Å². The van der Waals surface area contributed by atoms with Gasteiger partial charge in [0.1, 0.15) is 11.9 Å². The first-order valence-corrected chi connectivity index (χ1v) is 7.52. The van der Waals surface area contributed by atoms with E-state index in [2.05, 4.69) is 9.71 Å². The highest BCUT2D eigenvalue weighted by Gasteiger charge is 2.16. The smallest absolute Gasteiger partial charge is 0.240 e. The average molecular weight is 297 g/mol. The molecule has 1 N–H and O–H groups in total. The summed E-state index contributed by atoms with van der Waals surface area (Å²) >= 11 is 1.36. The van der Waals surface area contributed by atoms with E-state index >= 15 is 0 Å². The summed E-state index contributed by atoms with van der Waals surface area (Å²) < 4.78 is 39.3. The third-order valence-corrected chi connectivity index (χ3v) is 4.33. The molecule has 2 rings (SSSR count). The Morgan fingerprint density at radius 3 is 2.89 bits per heavy atom. The average Bonchev–Trinajstić information content (AvgIpc) is 2.90. The van der Waals surface area contributed by atoms with Gasteiger partial charge in [-0.2, -0.15) is 5.26 Å². The summed E-state index contributed by atoms with van der Waals surface area (Å²) in [5.74, 6) is -0.749. The van der Waals surface area contributed by atoms with Crippen LogP contribution >= 0.6 is 11.3 Å². The molecule has 0 spiro atoms. The van der Waals surface area contributed by atoms with Crippen molar-refractivity contribution < 1.29 is 12.8 Å². The van der Waals surface area contributed by atoms with E-state index in [1.165, 1.54) is 11.3 Å². The fraction of sp³-hybridized carbons (Fsp3) is 0.0909. The van der Waals surface area contributed by atoms with E-state index in [1.54, 1.807) is 17.0 Å². The largest absolute Gasteiger partial charge is 0.248 e. The highest BCUT2D eigenvalue weighted by molar-refractivity contribution is 7.89. The number of hydrogen-bond donors (Lipinski definition) is 1. The first-order valence-electron chi connectivity index (χ1n) is 5.09. The van der Waals surface area contributed by atoms with Crippen LogP contribution in [0.4, 0.5) is 4.39 Å². The fourth-order valence-electron chi connectivity index (χ4n) is 1.33. The van der Waals surface area contributed by atoms with Crippen LogP contribution < -0.4 is 4.72 Å². The van der Waals surface area contributed by atoms with Gasteiger partial charge in [0, 0.05) is 5.38 Å². The number of nitrogens with one attached hydrogen (secondary N) is 1. The molecule has 0 unspecified atom stereocenters. The topological polar surface area (TPSA) is 82.8 Å². The van der Waals surface area contributed by atoms with Gasteiger partial charge in [-0.3, -0.25) is 0 Å². The van der Waals surface area contributed by atoms with Gasteiger partial charge < -0.3 is 0 Å². The summed E-state index contributed by atoms with van der Waals surface area (Å²) in [6, 6.07) is 4.66. The number of nitriles is 1. The summed E-state index contributed by atoms with van der Waals surface area (Å²) in [6.07, 6.45) is 0. The minimum atomic E-state index is -3.79. The number of halogens is 1. The molecule has 0 aliphatic heterocycles. The molecule has 2 aromatic rings. The Hall–Kier alpha value is -1.82. The third-order valence-electron chi connectivity index (χ3n) is 2.30. The molecule has 0 fully saturated rings. The maximum atomic E-state index is 13.1. The molecule has 8 heteroatoms. The predicted molar refractivity (Wildman–Crippen MR) is 67.3 cm³/mol. The fourth-order valence-corrected chi connectivity index (χ4v) is 2.92. The second kappa shape index (κ2) is 5.44. The van der Waals surface area contributed by atoms with E-state index in [1.807, 2.05) is 0 Å². The number of thiazole rings is 1. The van der Waals surface area contributed by atoms with E-state index in [0.717, 1.165) is 18.2 Å². The Labute approximate surface area is 113 Å². The number of hydrogen-bond acceptors (Lipinski definition) is 5. The summed E-state index contributed by atoms with van der Waals surface area (Å²) in [5.41, 5.74) is 1.88. The molecule has 0 aliphatic rings. The molecule has 0 saturated heterocycles. The van der Waals surface area contributed by atoms with Crippen molar-refractivity contribution >= 4 is 21.4 Å². The van der Waals surface area contributed by atoms with Crippen molar-refractivity contribution in [1.82, 2.24) is 9.71 Å². The summed E-state index contributed by atoms with van der Waals surface area (Å²) in [6.45, 7) is 0.0467. The lowest BCUT2D eigenvalue weighted by Crippen LogP contribution is -2.23. The first kappa shape index (κ1) is 13.6. The predicted octanol–water partition coefficient (Wildman–Crippen LogP) is 1.63. The van der Waals surface area contributed by atoms with Crippen molar-refractivity contribution in [2.75, 3.05) is 0 Å². The van der Waals surface area contributed by atoms with E-state index < -0.39 is 15.8 Å². The van der Waals surface area contributed by atoms with Gasteiger partial charge in [0.2, 0.25) is 10.0 Å². The first-order chi connectivity index (χ1) is 9.03. The van der Waals surface area contributed by atoms with Crippen LogP contribution in [0.25, 0.3) is 0 Å². The maximum Gasteiger partial charge on any atom is 0.240 e. The van der Waals surface area contributed by atoms with Crippen molar-refractivity contribution in [3.05, 3.63) is 46.2 Å². The standard InChI is InChI=1S/C11H8FN3O2S2/c12-11-2-1-10(3-8(11)4-13)19(16,17)15-5-9-6-18-7-14-9/h1-3,6-7,15H,5H2. The Balaban J connectivity index is 2.22. The Morgan fingerprint density at radius 1 is 1.47 bits per heavy atom. The van der Waals surface area contributed by atoms with Crippen LogP contribution in [0.1, 0.15) is 11.3 Å². The van der Waals surface area contributed by atoms with Crippen LogP contribution in [-0.4, -0.2) is 13.4 Å². The number of benzene rings is 1. The Bertz CT molecular complexity index is 721. The highest BCUT2D eigenvalue weighted by atomic mass is 32.2. The summed E-state index contributed by atoms with van der Waals surface area (Å²) in [4.78, 5) is 3.79. The van der Waals surface area contributed by atoms with Gasteiger partial charge in [-0.1, -0.05) is 0 Å². The molecule has 0 saturated carbocycles. The summed E-state index contributed by atoms with van der Waals surface area (Å²) in [7, 11) is -3.79. The van der Waals surface area contributed by atoms with E-state index in [4.69, 9.17) is 5.26 Å². The van der Waals surface area contributed by atoms with Gasteiger partial charge in [0.25, 0.3) is 0 Å². The van der Waals surface area contributed by atoms with E-state index in [0.29, 0.717) is 5.69 Å². The Morgan fingerprint density at radius 2 is 2.26 bits per heavy atom. The molecule has 1 aromatic carbocycles. The van der Waals surface area contributed by atoms with Crippen LogP contribution in [0.3, 0.4) is 0 Å². The molecule has 1 aromatic heterocycles. The van der Waals surface area contributed by atoms with Gasteiger partial charge in [0.15, 0.2) is 0 Å². The molecule has 98 valence electrons. The SMILES string of the molecule is N#Cc1cc(S(=O)(=O)NCc2cscn2)ccc1F. The molecule has 0 atom stereocenters. The molecular formula is C11H8FN3O2S2. The van der Waals surface area contributed by atoms with E-state index in [-0.39, 0.29) is 17.0 Å². The molecule has 0 amide bonds. The van der Waals surface area contributed by atoms with Gasteiger partial charge in [-0.25, -0.2) is 22.5 Å². The zero-order chi connectivity index (χ0) is 13.9. The number of sulfonamides is 1. The zero-order valence-corrected chi connectivity index (χ0v) is 11.1. The van der Waals surface area contributed by atoms with Crippen molar-refractivity contribution in [3.8, 4) is 6.07 Å². The van der Waals surface area contributed by atoms with Gasteiger partial charge in [-0.15, -0.1) is 11.3 Å². The molecule has 0 aliphatic carbocycles. The number of aromatic nitrogens is 1. The van der Waals surface area contributed by atoms with Crippen LogP contribution in [0.5, 0.6) is 0 Å². The lowest BCUT2D eigenvalue weighted by atomic mass is 10.2. The number of rotatable bonds is 4. The monoisotopic (exact) mass is 297 g/mol. The minimum Gasteiger partial charge on any atom is -0.248 e. The van der Waals surface area contributed by atoms with Crippen molar-refractivity contribution in [2.45, 2.75) is 11.4 Å². The van der Waals surface area contributed by atoms with Crippen molar-refractivity contribution in [3.63, 3.8) is 0 Å². The zero-order valence-electron chi connectivity index (χ0n) is 9.50. The van der Waals surface area contributed by atoms with E-state index in [9.17, 15) is 12.8 Å². The van der Waals surface area contributed by atoms with Crippen molar-refractivity contribution in [1.29, 1.82) is 5.26 Å². The van der Waals surface area contributed by atoms with Gasteiger partial charge in [-0.05, 0) is 18.2 Å².